The van der Waals surface area contributed by atoms with Crippen LogP contribution in [0.2, 0.25) is 0 Å². The molecule has 7 heteroatoms. The lowest BCUT2D eigenvalue weighted by atomic mass is 10.1. The van der Waals surface area contributed by atoms with Gasteiger partial charge in [-0.3, -0.25) is 4.90 Å². The van der Waals surface area contributed by atoms with Crippen LogP contribution in [0.4, 0.5) is 5.69 Å². The summed E-state index contributed by atoms with van der Waals surface area (Å²) in [5.74, 6) is 0.434. The van der Waals surface area contributed by atoms with Crippen LogP contribution in [0.5, 0.6) is 0 Å². The summed E-state index contributed by atoms with van der Waals surface area (Å²) in [5, 5.41) is 3.96. The van der Waals surface area contributed by atoms with Crippen LogP contribution >= 0.6 is 12.2 Å². The number of hydrogen-bond acceptors (Lipinski definition) is 4. The number of nitrogens with one attached hydrogen (secondary N) is 1. The third kappa shape index (κ3) is 6.42. The molecule has 1 aliphatic heterocycles. The predicted molar refractivity (Wildman–Crippen MR) is 123 cm³/mol. The Labute approximate surface area is 176 Å². The summed E-state index contributed by atoms with van der Waals surface area (Å²) in [6, 6.07) is 7.05. The van der Waals surface area contributed by atoms with Crippen molar-refractivity contribution < 1.29 is 8.42 Å². The van der Waals surface area contributed by atoms with Crippen LogP contribution in [-0.2, 0) is 9.84 Å². The second-order valence-corrected chi connectivity index (χ2v) is 11.1. The normalized spacial score (nSPS) is 18.8. The molecule has 1 fully saturated rings. The zero-order valence-corrected chi connectivity index (χ0v) is 19.7. The van der Waals surface area contributed by atoms with Crippen LogP contribution in [0.3, 0.4) is 0 Å². The van der Waals surface area contributed by atoms with Crippen molar-refractivity contribution in [1.82, 2.24) is 9.80 Å². The van der Waals surface area contributed by atoms with E-state index in [1.165, 1.54) is 11.1 Å². The Morgan fingerprint density at radius 1 is 1.11 bits per heavy atom. The summed E-state index contributed by atoms with van der Waals surface area (Å²) >= 11 is 5.74. The van der Waals surface area contributed by atoms with E-state index in [0.717, 1.165) is 12.2 Å². The molecule has 5 nitrogen and oxygen atoms in total. The Morgan fingerprint density at radius 3 is 2.14 bits per heavy atom. The van der Waals surface area contributed by atoms with Crippen LogP contribution < -0.4 is 5.32 Å². The summed E-state index contributed by atoms with van der Waals surface area (Å²) in [4.78, 5) is 4.51. The fraction of sp³-hybridized carbons (Fsp3) is 0.667. The molecule has 0 spiro atoms. The zero-order valence-electron chi connectivity index (χ0n) is 18.0. The predicted octanol–water partition coefficient (Wildman–Crippen LogP) is 3.61. The highest BCUT2D eigenvalue weighted by molar-refractivity contribution is 7.91. The molecule has 2 rings (SSSR count). The van der Waals surface area contributed by atoms with Gasteiger partial charge in [0.15, 0.2) is 14.9 Å². The van der Waals surface area contributed by atoms with Crippen molar-refractivity contribution in [1.29, 1.82) is 0 Å². The van der Waals surface area contributed by atoms with Crippen LogP contribution in [-0.4, -0.2) is 66.1 Å². The van der Waals surface area contributed by atoms with Crippen molar-refractivity contribution >= 4 is 32.9 Å². The topological polar surface area (TPSA) is 52.6 Å². The van der Waals surface area contributed by atoms with E-state index in [-0.39, 0.29) is 17.5 Å². The van der Waals surface area contributed by atoms with E-state index in [0.29, 0.717) is 30.2 Å². The molecule has 1 aliphatic rings. The molecule has 1 heterocycles. The molecular formula is C21H35N3O2S2. The van der Waals surface area contributed by atoms with Gasteiger partial charge in [0.2, 0.25) is 0 Å². The van der Waals surface area contributed by atoms with Gasteiger partial charge >= 0.3 is 0 Å². The molecule has 0 radical (unpaired) electrons. The lowest BCUT2D eigenvalue weighted by Crippen LogP contribution is -2.49. The molecule has 0 amide bonds. The Balaban J connectivity index is 2.18. The number of benzene rings is 1. The number of sulfone groups is 1. The summed E-state index contributed by atoms with van der Waals surface area (Å²) < 4.78 is 24.1. The number of aryl methyl sites for hydroxylation is 2. The Bertz CT molecular complexity index is 763. The van der Waals surface area contributed by atoms with Gasteiger partial charge in [0.05, 0.1) is 11.5 Å². The first-order valence-corrected chi connectivity index (χ1v) is 12.3. The van der Waals surface area contributed by atoms with Gasteiger partial charge in [-0.25, -0.2) is 8.42 Å². The fourth-order valence-electron chi connectivity index (χ4n) is 4.05. The molecule has 0 unspecified atom stereocenters. The largest absolute Gasteiger partial charge is 0.344 e. The average Bonchev–Trinajstić information content (AvgIpc) is 2.89. The van der Waals surface area contributed by atoms with Gasteiger partial charge in [0, 0.05) is 36.9 Å². The monoisotopic (exact) mass is 425 g/mol. The lowest BCUT2D eigenvalue weighted by Gasteiger charge is -2.36. The molecule has 1 saturated heterocycles. The second-order valence-electron chi connectivity index (χ2n) is 8.48. The minimum Gasteiger partial charge on any atom is -0.344 e. The van der Waals surface area contributed by atoms with Gasteiger partial charge in [-0.1, -0.05) is 6.07 Å². The molecule has 0 bridgehead atoms. The molecule has 1 atom stereocenters. The van der Waals surface area contributed by atoms with E-state index in [2.05, 4.69) is 74.9 Å². The SMILES string of the molecule is Cc1cc(C)cc(NC(=S)N(CCN(C(C)C)C(C)C)[C@@H]2CCS(=O)(=O)C2)c1. The molecule has 0 saturated carbocycles. The molecule has 1 N–H and O–H groups in total. The number of rotatable bonds is 7. The highest BCUT2D eigenvalue weighted by atomic mass is 32.2. The minimum absolute atomic E-state index is 0.0583. The first kappa shape index (κ1) is 23.1. The van der Waals surface area contributed by atoms with Gasteiger partial charge in [0.25, 0.3) is 0 Å². The molecule has 28 heavy (non-hydrogen) atoms. The number of anilines is 1. The maximum Gasteiger partial charge on any atom is 0.173 e. The maximum absolute atomic E-state index is 12.1. The lowest BCUT2D eigenvalue weighted by molar-refractivity contribution is 0.155. The van der Waals surface area contributed by atoms with Crippen LogP contribution in [0.25, 0.3) is 0 Å². The Hall–Kier alpha value is -1.18. The van der Waals surface area contributed by atoms with Crippen molar-refractivity contribution in [3.8, 4) is 0 Å². The van der Waals surface area contributed by atoms with Gasteiger partial charge in [-0.05, 0) is 83.4 Å². The first-order chi connectivity index (χ1) is 13.0. The average molecular weight is 426 g/mol. The van der Waals surface area contributed by atoms with E-state index in [9.17, 15) is 8.42 Å². The molecule has 1 aromatic rings. The van der Waals surface area contributed by atoms with Gasteiger partial charge in [0.1, 0.15) is 0 Å². The summed E-state index contributed by atoms with van der Waals surface area (Å²) in [6.45, 7) is 14.4. The summed E-state index contributed by atoms with van der Waals surface area (Å²) in [5.41, 5.74) is 3.30. The van der Waals surface area contributed by atoms with Crippen molar-refractivity contribution in [2.24, 2.45) is 0 Å². The third-order valence-corrected chi connectivity index (χ3v) is 7.40. The maximum atomic E-state index is 12.1. The smallest absolute Gasteiger partial charge is 0.173 e. The number of nitrogens with zero attached hydrogens (tertiary/aromatic N) is 2. The Morgan fingerprint density at radius 2 is 1.68 bits per heavy atom. The van der Waals surface area contributed by atoms with E-state index < -0.39 is 9.84 Å². The van der Waals surface area contributed by atoms with Crippen molar-refractivity contribution in [3.63, 3.8) is 0 Å². The van der Waals surface area contributed by atoms with Gasteiger partial charge in [-0.15, -0.1) is 0 Å². The summed E-state index contributed by atoms with van der Waals surface area (Å²) in [6.07, 6.45) is 0.639. The fourth-order valence-corrected chi connectivity index (χ4v) is 6.14. The van der Waals surface area contributed by atoms with Crippen molar-refractivity contribution in [2.75, 3.05) is 29.9 Å². The van der Waals surface area contributed by atoms with Crippen molar-refractivity contribution in [3.05, 3.63) is 29.3 Å². The van der Waals surface area contributed by atoms with E-state index in [1.54, 1.807) is 0 Å². The van der Waals surface area contributed by atoms with E-state index >= 15 is 0 Å². The molecule has 1 aromatic carbocycles. The highest BCUT2D eigenvalue weighted by Crippen LogP contribution is 2.21. The molecule has 0 aliphatic carbocycles. The quantitative estimate of drug-likeness (QED) is 0.674. The first-order valence-electron chi connectivity index (χ1n) is 10.1. The second kappa shape index (κ2) is 9.55. The van der Waals surface area contributed by atoms with Crippen LogP contribution in [0.15, 0.2) is 18.2 Å². The number of hydrogen-bond donors (Lipinski definition) is 1. The minimum atomic E-state index is -2.97. The number of thiocarbonyl (C=S) groups is 1. The standard InChI is InChI=1S/C21H35N3O2S2/c1-15(2)23(16(3)4)8-9-24(20-7-10-28(25,26)14-20)21(27)22-19-12-17(5)11-18(6)13-19/h11-13,15-16,20H,7-10,14H2,1-6H3,(H,22,27)/t20-/m1/s1. The molecule has 158 valence electrons. The van der Waals surface area contributed by atoms with Crippen molar-refractivity contribution in [2.45, 2.75) is 66.1 Å². The van der Waals surface area contributed by atoms with E-state index in [1.807, 2.05) is 0 Å². The van der Waals surface area contributed by atoms with Crippen LogP contribution in [0.1, 0.15) is 45.2 Å². The van der Waals surface area contributed by atoms with Gasteiger partial charge < -0.3 is 10.2 Å². The zero-order chi connectivity index (χ0) is 21.1. The molecular weight excluding hydrogens is 390 g/mol. The third-order valence-electron chi connectivity index (χ3n) is 5.31. The van der Waals surface area contributed by atoms with Gasteiger partial charge in [-0.2, -0.15) is 0 Å². The van der Waals surface area contributed by atoms with Crippen LogP contribution in [0, 0.1) is 13.8 Å². The summed E-state index contributed by atoms with van der Waals surface area (Å²) in [7, 11) is -2.97. The van der Waals surface area contributed by atoms with E-state index in [4.69, 9.17) is 12.2 Å². The highest BCUT2D eigenvalue weighted by Gasteiger charge is 2.33. The Kier molecular flexibility index (Phi) is 7.88. The molecule has 0 aromatic heterocycles.